The van der Waals surface area contributed by atoms with Crippen LogP contribution >= 0.6 is 11.6 Å². The number of esters is 1. The molecule has 2 heterocycles. The lowest BCUT2D eigenvalue weighted by Gasteiger charge is -2.20. The van der Waals surface area contributed by atoms with Crippen LogP contribution in [0.5, 0.6) is 0 Å². The molecule has 0 radical (unpaired) electrons. The Morgan fingerprint density at radius 3 is 3.19 bits per heavy atom. The van der Waals surface area contributed by atoms with Crippen LogP contribution in [0.1, 0.15) is 6.92 Å². The van der Waals surface area contributed by atoms with E-state index in [0.717, 1.165) is 0 Å². The highest BCUT2D eigenvalue weighted by Crippen LogP contribution is 2.27. The first-order chi connectivity index (χ1) is 7.63. The second kappa shape index (κ2) is 4.19. The molecule has 3 N–H and O–H groups in total. The number of carbonyl (C=O) groups excluding carboxylic acids is 1. The lowest BCUT2D eigenvalue weighted by molar-refractivity contribution is -0.138. The second-order valence-electron chi connectivity index (χ2n) is 3.37. The molecule has 5 nitrogen and oxygen atoms in total. The molecule has 0 bridgehead atoms. The Bertz CT molecular complexity index is 426. The van der Waals surface area contributed by atoms with Gasteiger partial charge in [0.2, 0.25) is 0 Å². The van der Waals surface area contributed by atoms with Crippen LogP contribution in [0.3, 0.4) is 0 Å². The maximum Gasteiger partial charge on any atom is 0.337 e. The summed E-state index contributed by atoms with van der Waals surface area (Å²) in [4.78, 5) is 11.6. The van der Waals surface area contributed by atoms with Crippen LogP contribution in [0, 0.1) is 0 Å². The van der Waals surface area contributed by atoms with E-state index in [9.17, 15) is 4.79 Å². The van der Waals surface area contributed by atoms with Crippen LogP contribution < -0.4 is 11.2 Å². The molecule has 6 heteroatoms. The first-order valence-corrected chi connectivity index (χ1v) is 5.29. The molecule has 0 unspecified atom stereocenters. The van der Waals surface area contributed by atoms with Crippen LogP contribution in [0.15, 0.2) is 34.3 Å². The molecule has 0 aromatic rings. The number of rotatable bonds is 2. The number of hydrogen-bond acceptors (Lipinski definition) is 5. The minimum atomic E-state index is -0.331. The van der Waals surface area contributed by atoms with Crippen molar-refractivity contribution in [2.75, 3.05) is 13.2 Å². The van der Waals surface area contributed by atoms with Gasteiger partial charge in [0.25, 0.3) is 0 Å². The number of nitrogens with one attached hydrogen (secondary N) is 1. The molecule has 2 rings (SSSR count). The minimum absolute atomic E-state index is 0.331. The fourth-order valence-corrected chi connectivity index (χ4v) is 1.71. The van der Waals surface area contributed by atoms with Crippen molar-refractivity contribution in [3.63, 3.8) is 0 Å². The third-order valence-electron chi connectivity index (χ3n) is 2.33. The van der Waals surface area contributed by atoms with Crippen molar-refractivity contribution in [2.45, 2.75) is 6.92 Å². The molecule has 0 aromatic heterocycles. The molecule has 0 atom stereocenters. The summed E-state index contributed by atoms with van der Waals surface area (Å²) < 4.78 is 4.95. The Morgan fingerprint density at radius 2 is 2.50 bits per heavy atom. The zero-order valence-corrected chi connectivity index (χ0v) is 9.54. The molecule has 0 aromatic carbocycles. The molecular weight excluding hydrogens is 230 g/mol. The fourth-order valence-electron chi connectivity index (χ4n) is 1.56. The SMILES string of the molecule is CCOC(=O)C1=C2C=C(N)C(Cl)=CN2NC1. The first-order valence-electron chi connectivity index (χ1n) is 4.91. The zero-order valence-electron chi connectivity index (χ0n) is 8.79. The van der Waals surface area contributed by atoms with Crippen molar-refractivity contribution in [1.82, 2.24) is 10.4 Å². The number of allylic oxidation sites excluding steroid dienone is 2. The molecule has 2 aliphatic rings. The molecule has 86 valence electrons. The van der Waals surface area contributed by atoms with Crippen molar-refractivity contribution in [1.29, 1.82) is 0 Å². The van der Waals surface area contributed by atoms with E-state index in [4.69, 9.17) is 22.1 Å². The summed E-state index contributed by atoms with van der Waals surface area (Å²) in [5, 5.41) is 2.12. The highest BCUT2D eigenvalue weighted by molar-refractivity contribution is 6.32. The molecule has 0 aliphatic carbocycles. The van der Waals surface area contributed by atoms with E-state index >= 15 is 0 Å². The molecular formula is C10H12ClN3O2. The summed E-state index contributed by atoms with van der Waals surface area (Å²) in [6, 6.07) is 0. The van der Waals surface area contributed by atoms with Crippen LogP contribution in [-0.4, -0.2) is 24.1 Å². The normalized spacial score (nSPS) is 19.2. The largest absolute Gasteiger partial charge is 0.463 e. The Balaban J connectivity index is 2.32. The lowest BCUT2D eigenvalue weighted by atomic mass is 10.1. The maximum absolute atomic E-state index is 11.6. The molecule has 0 fully saturated rings. The van der Waals surface area contributed by atoms with Crippen molar-refractivity contribution in [3.05, 3.63) is 34.3 Å². The van der Waals surface area contributed by atoms with Crippen LogP contribution in [-0.2, 0) is 9.53 Å². The van der Waals surface area contributed by atoms with E-state index < -0.39 is 0 Å². The Labute approximate surface area is 98.1 Å². The summed E-state index contributed by atoms with van der Waals surface area (Å²) in [6.07, 6.45) is 3.30. The predicted molar refractivity (Wildman–Crippen MR) is 59.7 cm³/mol. The van der Waals surface area contributed by atoms with Gasteiger partial charge in [0.15, 0.2) is 0 Å². The molecule has 0 saturated heterocycles. The van der Waals surface area contributed by atoms with Gasteiger partial charge < -0.3 is 10.5 Å². The van der Waals surface area contributed by atoms with Gasteiger partial charge in [-0.25, -0.2) is 10.2 Å². The number of fused-ring (bicyclic) bond motifs is 1. The van der Waals surface area contributed by atoms with E-state index in [2.05, 4.69) is 5.43 Å². The van der Waals surface area contributed by atoms with Crippen molar-refractivity contribution < 1.29 is 9.53 Å². The van der Waals surface area contributed by atoms with Crippen molar-refractivity contribution in [2.24, 2.45) is 5.73 Å². The van der Waals surface area contributed by atoms with Gasteiger partial charge in [0, 0.05) is 12.7 Å². The summed E-state index contributed by atoms with van der Waals surface area (Å²) in [6.45, 7) is 2.54. The third kappa shape index (κ3) is 1.79. The number of hydrogen-bond donors (Lipinski definition) is 2. The maximum atomic E-state index is 11.6. The summed E-state index contributed by atoms with van der Waals surface area (Å²) in [5.74, 6) is -0.331. The summed E-state index contributed by atoms with van der Waals surface area (Å²) in [5.41, 5.74) is 10.4. The van der Waals surface area contributed by atoms with Gasteiger partial charge in [-0.05, 0) is 13.0 Å². The number of nitrogens with two attached hydrogens (primary N) is 1. The standard InChI is InChI=1S/C10H12ClN3O2/c1-2-16-10(15)6-4-13-14-5-7(11)8(12)3-9(6)14/h3,5,13H,2,4,12H2,1H3. The van der Waals surface area contributed by atoms with E-state index in [0.29, 0.717) is 35.2 Å². The molecule has 0 spiro atoms. The third-order valence-corrected chi connectivity index (χ3v) is 2.64. The van der Waals surface area contributed by atoms with E-state index in [1.165, 1.54) is 0 Å². The number of hydrazine groups is 1. The Morgan fingerprint density at radius 1 is 1.75 bits per heavy atom. The van der Waals surface area contributed by atoms with Gasteiger partial charge in [-0.1, -0.05) is 11.6 Å². The minimum Gasteiger partial charge on any atom is -0.463 e. The van der Waals surface area contributed by atoms with E-state index in [1.54, 1.807) is 24.2 Å². The highest BCUT2D eigenvalue weighted by Gasteiger charge is 2.28. The number of carbonyl (C=O) groups is 1. The average Bonchev–Trinajstić information content (AvgIpc) is 2.62. The molecule has 2 aliphatic heterocycles. The van der Waals surface area contributed by atoms with Gasteiger partial charge in [0.1, 0.15) is 0 Å². The number of halogens is 1. The van der Waals surface area contributed by atoms with Crippen molar-refractivity contribution in [3.8, 4) is 0 Å². The summed E-state index contributed by atoms with van der Waals surface area (Å²) >= 11 is 5.87. The predicted octanol–water partition coefficient (Wildman–Crippen LogP) is 0.560. The molecule has 0 amide bonds. The van der Waals surface area contributed by atoms with Crippen LogP contribution in [0.25, 0.3) is 0 Å². The topological polar surface area (TPSA) is 67.6 Å². The van der Waals surface area contributed by atoms with Gasteiger partial charge in [-0.3, -0.25) is 5.01 Å². The molecule has 16 heavy (non-hydrogen) atoms. The Hall–Kier alpha value is -1.46. The van der Waals surface area contributed by atoms with E-state index in [-0.39, 0.29) is 5.97 Å². The van der Waals surface area contributed by atoms with E-state index in [1.807, 2.05) is 0 Å². The van der Waals surface area contributed by atoms with Crippen LogP contribution in [0.4, 0.5) is 0 Å². The van der Waals surface area contributed by atoms with Crippen molar-refractivity contribution >= 4 is 17.6 Å². The first kappa shape index (κ1) is 11.0. The number of nitrogens with zero attached hydrogens (tertiary/aromatic N) is 1. The monoisotopic (exact) mass is 241 g/mol. The lowest BCUT2D eigenvalue weighted by Crippen LogP contribution is -2.28. The molecule has 0 saturated carbocycles. The van der Waals surface area contributed by atoms with Gasteiger partial charge in [-0.15, -0.1) is 0 Å². The highest BCUT2D eigenvalue weighted by atomic mass is 35.5. The number of ether oxygens (including phenoxy) is 1. The van der Waals surface area contributed by atoms with Gasteiger partial charge in [-0.2, -0.15) is 0 Å². The smallest absolute Gasteiger partial charge is 0.337 e. The van der Waals surface area contributed by atoms with Gasteiger partial charge in [0.05, 0.1) is 28.6 Å². The fraction of sp³-hybridized carbons (Fsp3) is 0.300. The summed E-state index contributed by atoms with van der Waals surface area (Å²) in [7, 11) is 0. The zero-order chi connectivity index (χ0) is 11.7. The quantitative estimate of drug-likeness (QED) is 0.692. The van der Waals surface area contributed by atoms with Gasteiger partial charge >= 0.3 is 5.97 Å². The second-order valence-corrected chi connectivity index (χ2v) is 3.77. The van der Waals surface area contributed by atoms with Crippen LogP contribution in [0.2, 0.25) is 0 Å². The average molecular weight is 242 g/mol. The Kier molecular flexibility index (Phi) is 2.89.